The summed E-state index contributed by atoms with van der Waals surface area (Å²) in [6.07, 6.45) is 0. The number of halogens is 1. The van der Waals surface area contributed by atoms with Crippen LogP contribution in [0.3, 0.4) is 0 Å². The lowest BCUT2D eigenvalue weighted by Gasteiger charge is -2.08. The number of ether oxygens (including phenoxy) is 1. The van der Waals surface area contributed by atoms with Crippen molar-refractivity contribution < 1.29 is 14.9 Å². The Kier molecular flexibility index (Phi) is 2.33. The molecule has 3 nitrogen and oxygen atoms in total. The average Bonchev–Trinajstić information content (AvgIpc) is 2.02. The van der Waals surface area contributed by atoms with Crippen molar-refractivity contribution in [3.8, 4) is 17.2 Å². The van der Waals surface area contributed by atoms with Crippen molar-refractivity contribution in [3.05, 3.63) is 16.7 Å². The summed E-state index contributed by atoms with van der Waals surface area (Å²) in [7, 11) is 1.37. The Hall–Kier alpha value is -1.09. The molecular formula is C8H9ClO3. The summed E-state index contributed by atoms with van der Waals surface area (Å²) < 4.78 is 4.80. The van der Waals surface area contributed by atoms with Crippen molar-refractivity contribution in [1.82, 2.24) is 0 Å². The minimum absolute atomic E-state index is 0.0283. The summed E-state index contributed by atoms with van der Waals surface area (Å²) in [5, 5.41) is 18.6. The molecule has 4 heteroatoms. The summed E-state index contributed by atoms with van der Waals surface area (Å²) in [4.78, 5) is 0. The zero-order valence-corrected chi connectivity index (χ0v) is 7.51. The van der Waals surface area contributed by atoms with Crippen molar-refractivity contribution in [2.45, 2.75) is 6.92 Å². The predicted octanol–water partition coefficient (Wildman–Crippen LogP) is 2.07. The smallest absolute Gasteiger partial charge is 0.183 e. The van der Waals surface area contributed by atoms with Crippen LogP contribution < -0.4 is 4.74 Å². The zero-order valence-electron chi connectivity index (χ0n) is 6.76. The van der Waals surface area contributed by atoms with E-state index in [4.69, 9.17) is 16.3 Å². The van der Waals surface area contributed by atoms with Crippen molar-refractivity contribution in [3.63, 3.8) is 0 Å². The van der Waals surface area contributed by atoms with E-state index < -0.39 is 0 Å². The largest absolute Gasteiger partial charge is 0.506 e. The molecule has 0 unspecified atom stereocenters. The predicted molar refractivity (Wildman–Crippen MR) is 46.1 cm³/mol. The molecule has 66 valence electrons. The molecule has 1 aromatic carbocycles. The maximum absolute atomic E-state index is 9.38. The highest BCUT2D eigenvalue weighted by molar-refractivity contribution is 6.33. The van der Waals surface area contributed by atoms with E-state index in [1.807, 2.05) is 0 Å². The molecule has 0 aliphatic carbocycles. The summed E-state index contributed by atoms with van der Waals surface area (Å²) in [5.74, 6) is -0.0294. The Bertz CT molecular complexity index is 283. The molecule has 0 spiro atoms. The van der Waals surface area contributed by atoms with Crippen LogP contribution in [0, 0.1) is 6.92 Å². The molecule has 1 aromatic rings. The Balaban J connectivity index is 3.42. The number of phenols is 2. The van der Waals surface area contributed by atoms with Crippen molar-refractivity contribution in [1.29, 1.82) is 0 Å². The second kappa shape index (κ2) is 3.11. The van der Waals surface area contributed by atoms with Crippen LogP contribution in [0.1, 0.15) is 5.56 Å². The molecule has 0 bridgehead atoms. The van der Waals surface area contributed by atoms with Gasteiger partial charge in [-0.25, -0.2) is 0 Å². The van der Waals surface area contributed by atoms with Crippen LogP contribution >= 0.6 is 11.6 Å². The summed E-state index contributed by atoms with van der Waals surface area (Å²) in [6.45, 7) is 1.65. The molecule has 0 amide bonds. The topological polar surface area (TPSA) is 49.7 Å². The van der Waals surface area contributed by atoms with E-state index in [9.17, 15) is 10.2 Å². The highest BCUT2D eigenvalue weighted by Crippen LogP contribution is 2.42. The SMILES string of the molecule is COc1c(O)c(C)cc(O)c1Cl. The number of methoxy groups -OCH3 is 1. The van der Waals surface area contributed by atoms with Gasteiger partial charge in [0.2, 0.25) is 0 Å². The van der Waals surface area contributed by atoms with E-state index >= 15 is 0 Å². The second-order valence-corrected chi connectivity index (χ2v) is 2.79. The molecule has 0 heterocycles. The van der Waals surface area contributed by atoms with E-state index in [0.717, 1.165) is 0 Å². The van der Waals surface area contributed by atoms with E-state index in [1.54, 1.807) is 6.92 Å². The maximum Gasteiger partial charge on any atom is 0.183 e. The first kappa shape index (κ1) is 9.00. The maximum atomic E-state index is 9.38. The van der Waals surface area contributed by atoms with Gasteiger partial charge < -0.3 is 14.9 Å². The summed E-state index contributed by atoms with van der Waals surface area (Å²) >= 11 is 5.64. The minimum Gasteiger partial charge on any atom is -0.506 e. The highest BCUT2D eigenvalue weighted by Gasteiger charge is 2.13. The van der Waals surface area contributed by atoms with Gasteiger partial charge in [0.05, 0.1) is 7.11 Å². The van der Waals surface area contributed by atoms with Crippen LogP contribution in [0.25, 0.3) is 0 Å². The van der Waals surface area contributed by atoms with E-state index in [2.05, 4.69) is 0 Å². The third-order valence-corrected chi connectivity index (χ3v) is 1.94. The van der Waals surface area contributed by atoms with Gasteiger partial charge in [0.25, 0.3) is 0 Å². The van der Waals surface area contributed by atoms with Crippen LogP contribution in [0.5, 0.6) is 17.2 Å². The Morgan fingerprint density at radius 2 is 2.00 bits per heavy atom. The van der Waals surface area contributed by atoms with Crippen molar-refractivity contribution in [2.24, 2.45) is 0 Å². The van der Waals surface area contributed by atoms with Gasteiger partial charge in [-0.3, -0.25) is 0 Å². The molecule has 0 radical (unpaired) electrons. The molecule has 0 aliphatic heterocycles. The second-order valence-electron chi connectivity index (χ2n) is 2.41. The first-order valence-corrected chi connectivity index (χ1v) is 3.70. The van der Waals surface area contributed by atoms with Crippen molar-refractivity contribution in [2.75, 3.05) is 7.11 Å². The quantitative estimate of drug-likeness (QED) is 0.664. The Morgan fingerprint density at radius 3 is 2.50 bits per heavy atom. The van der Waals surface area contributed by atoms with Gasteiger partial charge in [-0.05, 0) is 18.6 Å². The lowest BCUT2D eigenvalue weighted by Crippen LogP contribution is -1.87. The van der Waals surface area contributed by atoms with Crippen LogP contribution in [-0.2, 0) is 0 Å². The zero-order chi connectivity index (χ0) is 9.30. The number of phenolic OH excluding ortho intramolecular Hbond substituents is 2. The standard InChI is InChI=1S/C8H9ClO3/c1-4-3-5(10)6(9)8(12-2)7(4)11/h3,10-11H,1-2H3. The van der Waals surface area contributed by atoms with Gasteiger partial charge in [0, 0.05) is 0 Å². The fourth-order valence-corrected chi connectivity index (χ4v) is 1.14. The van der Waals surface area contributed by atoms with Gasteiger partial charge in [-0.15, -0.1) is 0 Å². The van der Waals surface area contributed by atoms with Crippen molar-refractivity contribution >= 4 is 11.6 Å². The van der Waals surface area contributed by atoms with E-state index in [0.29, 0.717) is 5.56 Å². The first-order valence-electron chi connectivity index (χ1n) is 3.33. The summed E-state index contributed by atoms with van der Waals surface area (Å²) in [5.41, 5.74) is 0.522. The molecule has 0 fully saturated rings. The normalized spacial score (nSPS) is 9.92. The third kappa shape index (κ3) is 1.28. The summed E-state index contributed by atoms with van der Waals surface area (Å²) in [6, 6.07) is 1.38. The third-order valence-electron chi connectivity index (χ3n) is 1.57. The minimum atomic E-state index is -0.0937. The van der Waals surface area contributed by atoms with Gasteiger partial charge in [-0.2, -0.15) is 0 Å². The van der Waals surface area contributed by atoms with E-state index in [1.165, 1.54) is 13.2 Å². The van der Waals surface area contributed by atoms with Gasteiger partial charge in [-0.1, -0.05) is 11.6 Å². The molecule has 0 aromatic heterocycles. The fraction of sp³-hybridized carbons (Fsp3) is 0.250. The number of hydrogen-bond acceptors (Lipinski definition) is 3. The molecule has 1 rings (SSSR count). The van der Waals surface area contributed by atoms with Crippen LogP contribution in [0.2, 0.25) is 5.02 Å². The Labute approximate surface area is 75.2 Å². The number of aryl methyl sites for hydroxylation is 1. The van der Waals surface area contributed by atoms with E-state index in [-0.39, 0.29) is 22.3 Å². The molecule has 0 saturated heterocycles. The fourth-order valence-electron chi connectivity index (χ4n) is 0.922. The Morgan fingerprint density at radius 1 is 1.42 bits per heavy atom. The number of hydrogen-bond donors (Lipinski definition) is 2. The molecule has 0 atom stereocenters. The lowest BCUT2D eigenvalue weighted by molar-refractivity contribution is 0.367. The molecule has 2 N–H and O–H groups in total. The van der Waals surface area contributed by atoms with Gasteiger partial charge in [0.1, 0.15) is 10.8 Å². The van der Waals surface area contributed by atoms with Gasteiger partial charge >= 0.3 is 0 Å². The number of rotatable bonds is 1. The lowest BCUT2D eigenvalue weighted by atomic mass is 10.2. The molecule has 0 saturated carbocycles. The van der Waals surface area contributed by atoms with Gasteiger partial charge in [0.15, 0.2) is 11.5 Å². The average molecular weight is 189 g/mol. The number of benzene rings is 1. The number of aromatic hydroxyl groups is 2. The first-order chi connectivity index (χ1) is 5.57. The van der Waals surface area contributed by atoms with Crippen LogP contribution in [0.4, 0.5) is 0 Å². The molecule has 0 aliphatic rings. The van der Waals surface area contributed by atoms with Crippen LogP contribution in [-0.4, -0.2) is 17.3 Å². The molecule has 12 heavy (non-hydrogen) atoms. The monoisotopic (exact) mass is 188 g/mol. The van der Waals surface area contributed by atoms with Crippen LogP contribution in [0.15, 0.2) is 6.07 Å². The molecular weight excluding hydrogens is 180 g/mol. The highest BCUT2D eigenvalue weighted by atomic mass is 35.5.